The van der Waals surface area contributed by atoms with Crippen LogP contribution in [0.3, 0.4) is 0 Å². The molecule has 1 heterocycles. The molecule has 31 heavy (non-hydrogen) atoms. The fourth-order valence-electron chi connectivity index (χ4n) is 3.52. The maximum absolute atomic E-state index is 13.5. The standard InChI is InChI=1S/C22H21ClFN3O4/c23-15-8-13(9-16(24)11-15)12-25-20(29)22(31)6-7-27(21(22)30)18-3-1-2-14(10-18)19(28)26-17-4-5-17/h1-3,8-11,17,31H,4-7,12H2,(H,25,29)(H,26,28). The Labute approximate surface area is 183 Å². The van der Waals surface area contributed by atoms with Crippen molar-refractivity contribution < 1.29 is 23.9 Å². The zero-order valence-electron chi connectivity index (χ0n) is 16.5. The highest BCUT2D eigenvalue weighted by Crippen LogP contribution is 2.29. The first-order chi connectivity index (χ1) is 14.8. The van der Waals surface area contributed by atoms with E-state index in [9.17, 15) is 23.9 Å². The molecule has 2 aromatic rings. The lowest BCUT2D eigenvalue weighted by molar-refractivity contribution is -0.149. The number of hydrogen-bond acceptors (Lipinski definition) is 4. The Balaban J connectivity index is 1.44. The summed E-state index contributed by atoms with van der Waals surface area (Å²) >= 11 is 5.80. The van der Waals surface area contributed by atoms with Gasteiger partial charge < -0.3 is 20.6 Å². The number of nitrogens with one attached hydrogen (secondary N) is 2. The van der Waals surface area contributed by atoms with Crippen LogP contribution in [0.25, 0.3) is 0 Å². The highest BCUT2D eigenvalue weighted by molar-refractivity contribution is 6.30. The van der Waals surface area contributed by atoms with Gasteiger partial charge in [0.1, 0.15) is 5.82 Å². The van der Waals surface area contributed by atoms with Gasteiger partial charge in [0.15, 0.2) is 0 Å². The molecular weight excluding hydrogens is 425 g/mol. The van der Waals surface area contributed by atoms with Crippen LogP contribution in [0.4, 0.5) is 10.1 Å². The van der Waals surface area contributed by atoms with E-state index in [1.165, 1.54) is 17.0 Å². The van der Waals surface area contributed by atoms with E-state index in [4.69, 9.17) is 11.6 Å². The van der Waals surface area contributed by atoms with Gasteiger partial charge in [-0.15, -0.1) is 0 Å². The third kappa shape index (κ3) is 4.55. The monoisotopic (exact) mass is 445 g/mol. The number of anilines is 1. The lowest BCUT2D eigenvalue weighted by Crippen LogP contribution is -2.52. The maximum atomic E-state index is 13.5. The van der Waals surface area contributed by atoms with Gasteiger partial charge in [0.25, 0.3) is 17.7 Å². The Kier molecular flexibility index (Phi) is 5.68. The second kappa shape index (κ2) is 8.28. The molecule has 7 nitrogen and oxygen atoms in total. The summed E-state index contributed by atoms with van der Waals surface area (Å²) in [5.41, 5.74) is -1.02. The summed E-state index contributed by atoms with van der Waals surface area (Å²) in [5.74, 6) is -2.42. The van der Waals surface area contributed by atoms with Gasteiger partial charge in [0, 0.05) is 41.8 Å². The van der Waals surface area contributed by atoms with E-state index < -0.39 is 23.2 Å². The molecule has 3 N–H and O–H groups in total. The van der Waals surface area contributed by atoms with Crippen molar-refractivity contribution >= 4 is 35.0 Å². The molecule has 162 valence electrons. The topological polar surface area (TPSA) is 98.7 Å². The van der Waals surface area contributed by atoms with Crippen molar-refractivity contribution in [1.82, 2.24) is 10.6 Å². The first-order valence-electron chi connectivity index (χ1n) is 9.95. The minimum absolute atomic E-state index is 0.0945. The molecule has 0 bridgehead atoms. The van der Waals surface area contributed by atoms with E-state index in [-0.39, 0.29) is 36.5 Å². The summed E-state index contributed by atoms with van der Waals surface area (Å²) in [5, 5.41) is 16.3. The van der Waals surface area contributed by atoms with Crippen molar-refractivity contribution in [2.75, 3.05) is 11.4 Å². The molecule has 3 amide bonds. The molecule has 1 aliphatic carbocycles. The normalized spacial score (nSPS) is 20.6. The van der Waals surface area contributed by atoms with Crippen LogP contribution in [0.15, 0.2) is 42.5 Å². The van der Waals surface area contributed by atoms with E-state index in [0.29, 0.717) is 16.8 Å². The summed E-state index contributed by atoms with van der Waals surface area (Å²) in [6.07, 6.45) is 1.81. The van der Waals surface area contributed by atoms with Crippen molar-refractivity contribution in [3.8, 4) is 0 Å². The minimum atomic E-state index is -2.25. The summed E-state index contributed by atoms with van der Waals surface area (Å²) in [6.45, 7) is 0.0188. The molecule has 1 unspecified atom stereocenters. The number of carbonyl (C=O) groups excluding carboxylic acids is 3. The van der Waals surface area contributed by atoms with E-state index in [2.05, 4.69) is 10.6 Å². The number of benzene rings is 2. The van der Waals surface area contributed by atoms with Crippen LogP contribution in [0.5, 0.6) is 0 Å². The first-order valence-corrected chi connectivity index (χ1v) is 10.3. The molecule has 1 saturated heterocycles. The van der Waals surface area contributed by atoms with Crippen molar-refractivity contribution in [1.29, 1.82) is 0 Å². The lowest BCUT2D eigenvalue weighted by Gasteiger charge is -2.22. The predicted molar refractivity (Wildman–Crippen MR) is 112 cm³/mol. The number of amides is 3. The van der Waals surface area contributed by atoms with Crippen molar-refractivity contribution in [2.24, 2.45) is 0 Å². The second-order valence-corrected chi connectivity index (χ2v) is 8.26. The molecule has 2 aromatic carbocycles. The number of rotatable bonds is 6. The van der Waals surface area contributed by atoms with E-state index >= 15 is 0 Å². The third-order valence-electron chi connectivity index (χ3n) is 5.38. The smallest absolute Gasteiger partial charge is 0.268 e. The first kappa shape index (κ1) is 21.3. The van der Waals surface area contributed by atoms with Gasteiger partial charge in [0.2, 0.25) is 5.60 Å². The highest BCUT2D eigenvalue weighted by Gasteiger charge is 2.51. The largest absolute Gasteiger partial charge is 0.372 e. The summed E-state index contributed by atoms with van der Waals surface area (Å²) in [4.78, 5) is 39.1. The number of nitrogens with zero attached hydrogens (tertiary/aromatic N) is 1. The van der Waals surface area contributed by atoms with Gasteiger partial charge in [-0.05, 0) is 54.8 Å². The third-order valence-corrected chi connectivity index (χ3v) is 5.60. The van der Waals surface area contributed by atoms with Gasteiger partial charge >= 0.3 is 0 Å². The predicted octanol–water partition coefficient (Wildman–Crippen LogP) is 2.16. The van der Waals surface area contributed by atoms with Crippen LogP contribution >= 0.6 is 11.6 Å². The van der Waals surface area contributed by atoms with Crippen LogP contribution < -0.4 is 15.5 Å². The van der Waals surface area contributed by atoms with Crippen molar-refractivity contribution in [3.05, 3.63) is 64.4 Å². The molecule has 9 heteroatoms. The fraction of sp³-hybridized carbons (Fsp3) is 0.318. The van der Waals surface area contributed by atoms with Crippen LogP contribution in [0, 0.1) is 5.82 Å². The number of hydrogen-bond donors (Lipinski definition) is 3. The van der Waals surface area contributed by atoms with E-state index in [1.807, 2.05) is 0 Å². The second-order valence-electron chi connectivity index (χ2n) is 7.83. The molecule has 2 fully saturated rings. The summed E-state index contributed by atoms with van der Waals surface area (Å²) in [7, 11) is 0. The Morgan fingerprint density at radius 2 is 2.00 bits per heavy atom. The number of aliphatic hydroxyl groups is 1. The van der Waals surface area contributed by atoms with Crippen LogP contribution in [-0.4, -0.2) is 41.0 Å². The van der Waals surface area contributed by atoms with E-state index in [0.717, 1.165) is 18.9 Å². The number of carbonyl (C=O) groups is 3. The minimum Gasteiger partial charge on any atom is -0.372 e. The zero-order chi connectivity index (χ0) is 22.2. The molecule has 1 saturated carbocycles. The quantitative estimate of drug-likeness (QED) is 0.593. The summed E-state index contributed by atoms with van der Waals surface area (Å²) < 4.78 is 13.5. The Morgan fingerprint density at radius 3 is 2.71 bits per heavy atom. The average molecular weight is 446 g/mol. The molecule has 1 atom stereocenters. The summed E-state index contributed by atoms with van der Waals surface area (Å²) in [6, 6.07) is 10.5. The SMILES string of the molecule is O=C(NC1CC1)c1cccc(N2CCC(O)(C(=O)NCc3cc(F)cc(Cl)c3)C2=O)c1. The molecule has 4 rings (SSSR count). The fourth-order valence-corrected chi connectivity index (χ4v) is 3.76. The van der Waals surface area contributed by atoms with Crippen LogP contribution in [0.2, 0.25) is 5.02 Å². The van der Waals surface area contributed by atoms with Crippen molar-refractivity contribution in [3.63, 3.8) is 0 Å². The van der Waals surface area contributed by atoms with Gasteiger partial charge in [-0.2, -0.15) is 0 Å². The Morgan fingerprint density at radius 1 is 1.23 bits per heavy atom. The molecule has 1 aliphatic heterocycles. The van der Waals surface area contributed by atoms with Crippen LogP contribution in [-0.2, 0) is 16.1 Å². The average Bonchev–Trinajstić information content (AvgIpc) is 3.49. The number of halogens is 2. The lowest BCUT2D eigenvalue weighted by atomic mass is 10.0. The molecule has 0 radical (unpaired) electrons. The zero-order valence-corrected chi connectivity index (χ0v) is 17.3. The molecular formula is C22H21ClFN3O4. The van der Waals surface area contributed by atoms with Gasteiger partial charge in [-0.1, -0.05) is 17.7 Å². The molecule has 0 spiro atoms. The van der Waals surface area contributed by atoms with Crippen LogP contribution in [0.1, 0.15) is 35.2 Å². The van der Waals surface area contributed by atoms with Crippen molar-refractivity contribution in [2.45, 2.75) is 37.5 Å². The Bertz CT molecular complexity index is 1040. The highest BCUT2D eigenvalue weighted by atomic mass is 35.5. The van der Waals surface area contributed by atoms with Gasteiger partial charge in [0.05, 0.1) is 0 Å². The van der Waals surface area contributed by atoms with Gasteiger partial charge in [-0.25, -0.2) is 4.39 Å². The maximum Gasteiger partial charge on any atom is 0.268 e. The molecule has 2 aliphatic rings. The Hall–Kier alpha value is -2.97. The van der Waals surface area contributed by atoms with Gasteiger partial charge in [-0.3, -0.25) is 14.4 Å². The molecule has 0 aromatic heterocycles. The van der Waals surface area contributed by atoms with E-state index in [1.54, 1.807) is 24.3 Å².